The fourth-order valence-corrected chi connectivity index (χ4v) is 1.78. The van der Waals surface area contributed by atoms with E-state index in [4.69, 9.17) is 0 Å². The maximum absolute atomic E-state index is 12.0. The Morgan fingerprint density at radius 3 is 2.69 bits per heavy atom. The third-order valence-corrected chi connectivity index (χ3v) is 2.75. The van der Waals surface area contributed by atoms with Gasteiger partial charge < -0.3 is 10.2 Å². The van der Waals surface area contributed by atoms with Gasteiger partial charge in [0.25, 0.3) is 0 Å². The van der Waals surface area contributed by atoms with Crippen LogP contribution in [0.5, 0.6) is 0 Å². The number of hydrogen-bond donors (Lipinski definition) is 1. The summed E-state index contributed by atoms with van der Waals surface area (Å²) in [6, 6.07) is 0. The largest absolute Gasteiger partial charge is 0.390 e. The van der Waals surface area contributed by atoms with Crippen LogP contribution < -0.4 is 5.32 Å². The van der Waals surface area contributed by atoms with Crippen molar-refractivity contribution in [1.82, 2.24) is 10.2 Å². The minimum Gasteiger partial charge on any atom is -0.345 e. The molecule has 0 aromatic heterocycles. The molecule has 1 saturated heterocycles. The van der Waals surface area contributed by atoms with Gasteiger partial charge >= 0.3 is 6.18 Å². The molecule has 16 heavy (non-hydrogen) atoms. The topological polar surface area (TPSA) is 32.3 Å². The first kappa shape index (κ1) is 13.3. The predicted octanol–water partition coefficient (Wildman–Crippen LogP) is 1.40. The van der Waals surface area contributed by atoms with E-state index in [0.717, 1.165) is 19.4 Å². The van der Waals surface area contributed by atoms with E-state index in [1.54, 1.807) is 0 Å². The van der Waals surface area contributed by atoms with Gasteiger partial charge in [-0.15, -0.1) is 0 Å². The first-order chi connectivity index (χ1) is 7.40. The highest BCUT2D eigenvalue weighted by molar-refractivity contribution is 5.78. The van der Waals surface area contributed by atoms with Gasteiger partial charge in [0.1, 0.15) is 0 Å². The van der Waals surface area contributed by atoms with Crippen LogP contribution in [0.3, 0.4) is 0 Å². The maximum Gasteiger partial charge on any atom is 0.390 e. The van der Waals surface area contributed by atoms with Crippen LogP contribution in [0, 0.1) is 5.92 Å². The number of carbonyl (C=O) groups is 1. The number of halogens is 3. The molecular formula is C10H17F3N2O. The van der Waals surface area contributed by atoms with E-state index in [1.165, 1.54) is 11.9 Å². The lowest BCUT2D eigenvalue weighted by Gasteiger charge is -2.27. The van der Waals surface area contributed by atoms with Crippen molar-refractivity contribution in [2.75, 3.05) is 26.7 Å². The Bertz CT molecular complexity index is 237. The van der Waals surface area contributed by atoms with E-state index in [2.05, 4.69) is 5.32 Å². The van der Waals surface area contributed by atoms with E-state index in [9.17, 15) is 18.0 Å². The molecule has 1 atom stereocenters. The molecule has 0 saturated carbocycles. The average molecular weight is 238 g/mol. The fourth-order valence-electron chi connectivity index (χ4n) is 1.78. The number of nitrogens with zero attached hydrogens (tertiary/aromatic N) is 1. The first-order valence-electron chi connectivity index (χ1n) is 5.42. The van der Waals surface area contributed by atoms with Crippen LogP contribution in [-0.4, -0.2) is 43.7 Å². The normalized spacial score (nSPS) is 21.9. The Kier molecular flexibility index (Phi) is 4.58. The molecule has 1 heterocycles. The van der Waals surface area contributed by atoms with Crippen LogP contribution in [0.4, 0.5) is 13.2 Å². The molecule has 1 rings (SSSR count). The molecule has 0 radical (unpaired) electrons. The fraction of sp³-hybridized carbons (Fsp3) is 0.900. The van der Waals surface area contributed by atoms with Crippen molar-refractivity contribution < 1.29 is 18.0 Å². The first-order valence-corrected chi connectivity index (χ1v) is 5.42. The van der Waals surface area contributed by atoms with Crippen LogP contribution in [0.2, 0.25) is 0 Å². The SMILES string of the molecule is CN(CCC(F)(F)F)C(=O)C1CCCNC1. The number of nitrogens with one attached hydrogen (secondary N) is 1. The Labute approximate surface area is 93.0 Å². The minimum atomic E-state index is -4.20. The molecule has 0 aromatic rings. The van der Waals surface area contributed by atoms with Crippen molar-refractivity contribution >= 4 is 5.91 Å². The highest BCUT2D eigenvalue weighted by Gasteiger charge is 2.30. The molecule has 1 aliphatic rings. The van der Waals surface area contributed by atoms with Gasteiger partial charge in [0.2, 0.25) is 5.91 Å². The second-order valence-corrected chi connectivity index (χ2v) is 4.17. The molecule has 0 aliphatic carbocycles. The van der Waals surface area contributed by atoms with Gasteiger partial charge in [0.05, 0.1) is 12.3 Å². The molecule has 6 heteroatoms. The Morgan fingerprint density at radius 1 is 1.50 bits per heavy atom. The number of alkyl halides is 3. The van der Waals surface area contributed by atoms with E-state index >= 15 is 0 Å². The lowest BCUT2D eigenvalue weighted by Crippen LogP contribution is -2.42. The highest BCUT2D eigenvalue weighted by atomic mass is 19.4. The van der Waals surface area contributed by atoms with Crippen molar-refractivity contribution in [3.05, 3.63) is 0 Å². The van der Waals surface area contributed by atoms with Gasteiger partial charge in [-0.1, -0.05) is 0 Å². The Morgan fingerprint density at radius 2 is 2.19 bits per heavy atom. The van der Waals surface area contributed by atoms with E-state index in [1.807, 2.05) is 0 Å². The summed E-state index contributed by atoms with van der Waals surface area (Å²) in [5.74, 6) is -0.344. The smallest absolute Gasteiger partial charge is 0.345 e. The minimum absolute atomic E-state index is 0.160. The van der Waals surface area contributed by atoms with Gasteiger partial charge in [-0.05, 0) is 19.4 Å². The van der Waals surface area contributed by atoms with Crippen molar-refractivity contribution in [2.24, 2.45) is 5.92 Å². The second kappa shape index (κ2) is 5.52. The zero-order chi connectivity index (χ0) is 12.2. The van der Waals surface area contributed by atoms with Gasteiger partial charge in [-0.25, -0.2) is 0 Å². The van der Waals surface area contributed by atoms with Crippen LogP contribution in [0.1, 0.15) is 19.3 Å². The summed E-state index contributed by atoms with van der Waals surface area (Å²) in [7, 11) is 1.43. The highest BCUT2D eigenvalue weighted by Crippen LogP contribution is 2.20. The number of amides is 1. The summed E-state index contributed by atoms with van der Waals surface area (Å²) < 4.78 is 35.9. The molecule has 1 N–H and O–H groups in total. The third-order valence-electron chi connectivity index (χ3n) is 2.75. The lowest BCUT2D eigenvalue weighted by atomic mass is 9.98. The molecule has 3 nitrogen and oxygen atoms in total. The van der Waals surface area contributed by atoms with Crippen LogP contribution in [-0.2, 0) is 4.79 Å². The molecule has 1 unspecified atom stereocenters. The standard InChI is InChI=1S/C10H17F3N2O/c1-15(6-4-10(11,12)13)9(16)8-3-2-5-14-7-8/h8,14H,2-7H2,1H3. The zero-order valence-corrected chi connectivity index (χ0v) is 9.31. The predicted molar refractivity (Wildman–Crippen MR) is 53.9 cm³/mol. The number of carbonyl (C=O) groups excluding carboxylic acids is 1. The quantitative estimate of drug-likeness (QED) is 0.806. The second-order valence-electron chi connectivity index (χ2n) is 4.17. The summed E-state index contributed by atoms with van der Waals surface area (Å²) in [4.78, 5) is 12.9. The Balaban J connectivity index is 2.34. The van der Waals surface area contributed by atoms with Crippen LogP contribution in [0.15, 0.2) is 0 Å². The Hall–Kier alpha value is -0.780. The number of rotatable bonds is 3. The van der Waals surface area contributed by atoms with Crippen molar-refractivity contribution in [3.8, 4) is 0 Å². The van der Waals surface area contributed by atoms with Crippen molar-refractivity contribution in [3.63, 3.8) is 0 Å². The van der Waals surface area contributed by atoms with Gasteiger partial charge in [0, 0.05) is 20.1 Å². The number of piperidine rings is 1. The molecule has 0 bridgehead atoms. The molecule has 0 spiro atoms. The van der Waals surface area contributed by atoms with E-state index in [0.29, 0.717) is 6.54 Å². The maximum atomic E-state index is 12.0. The molecule has 1 amide bonds. The molecular weight excluding hydrogens is 221 g/mol. The molecule has 1 aliphatic heterocycles. The van der Waals surface area contributed by atoms with Crippen molar-refractivity contribution in [2.45, 2.75) is 25.4 Å². The zero-order valence-electron chi connectivity index (χ0n) is 9.31. The van der Waals surface area contributed by atoms with Crippen LogP contribution >= 0.6 is 0 Å². The summed E-state index contributed by atoms with van der Waals surface area (Å²) in [6.45, 7) is 1.21. The average Bonchev–Trinajstić information content (AvgIpc) is 2.25. The summed E-state index contributed by atoms with van der Waals surface area (Å²) in [6.07, 6.45) is -3.46. The monoisotopic (exact) mass is 238 g/mol. The number of hydrogen-bond acceptors (Lipinski definition) is 2. The van der Waals surface area contributed by atoms with Crippen molar-refractivity contribution in [1.29, 1.82) is 0 Å². The third kappa shape index (κ3) is 4.38. The van der Waals surface area contributed by atoms with E-state index < -0.39 is 12.6 Å². The van der Waals surface area contributed by atoms with Gasteiger partial charge in [-0.2, -0.15) is 13.2 Å². The summed E-state index contributed by atoms with van der Waals surface area (Å²) >= 11 is 0. The summed E-state index contributed by atoms with van der Waals surface area (Å²) in [5.41, 5.74) is 0. The van der Waals surface area contributed by atoms with E-state index in [-0.39, 0.29) is 18.4 Å². The van der Waals surface area contributed by atoms with Gasteiger partial charge in [0.15, 0.2) is 0 Å². The molecule has 1 fully saturated rings. The van der Waals surface area contributed by atoms with Gasteiger partial charge in [-0.3, -0.25) is 4.79 Å². The molecule has 94 valence electrons. The van der Waals surface area contributed by atoms with Crippen LogP contribution in [0.25, 0.3) is 0 Å². The molecule has 0 aromatic carbocycles. The lowest BCUT2D eigenvalue weighted by molar-refractivity contribution is -0.146. The summed E-state index contributed by atoms with van der Waals surface area (Å²) in [5, 5.41) is 3.07.